The molecular formula is C23H23F4N5O2. The second-order valence-electron chi connectivity index (χ2n) is 8.53. The Morgan fingerprint density at radius 2 is 1.82 bits per heavy atom. The van der Waals surface area contributed by atoms with Crippen molar-refractivity contribution in [2.45, 2.75) is 38.8 Å². The van der Waals surface area contributed by atoms with Crippen molar-refractivity contribution >= 4 is 17.4 Å². The van der Waals surface area contributed by atoms with Crippen LogP contribution in [-0.4, -0.2) is 38.8 Å². The number of nitrogens with zero attached hydrogens (tertiary/aromatic N) is 3. The van der Waals surface area contributed by atoms with Crippen molar-refractivity contribution in [1.82, 2.24) is 14.5 Å². The Balaban J connectivity index is 1.72. The molecule has 0 fully saturated rings. The third-order valence-electron chi connectivity index (χ3n) is 5.26. The van der Waals surface area contributed by atoms with E-state index in [0.717, 1.165) is 0 Å². The van der Waals surface area contributed by atoms with Crippen molar-refractivity contribution in [2.24, 2.45) is 5.73 Å². The predicted molar refractivity (Wildman–Crippen MR) is 118 cm³/mol. The molecule has 0 radical (unpaired) electrons. The van der Waals surface area contributed by atoms with Gasteiger partial charge in [0.05, 0.1) is 12.1 Å². The van der Waals surface area contributed by atoms with Crippen LogP contribution in [0.5, 0.6) is 5.75 Å². The molecule has 0 unspecified atom stereocenters. The molecule has 0 atom stereocenters. The van der Waals surface area contributed by atoms with E-state index in [0.29, 0.717) is 41.7 Å². The van der Waals surface area contributed by atoms with Gasteiger partial charge in [-0.05, 0) is 50.2 Å². The summed E-state index contributed by atoms with van der Waals surface area (Å²) >= 11 is 0. The van der Waals surface area contributed by atoms with Crippen LogP contribution in [0.25, 0.3) is 11.3 Å². The van der Waals surface area contributed by atoms with Crippen LogP contribution in [0.2, 0.25) is 0 Å². The van der Waals surface area contributed by atoms with E-state index in [9.17, 15) is 22.4 Å². The SMILES string of the molecule is CC(C)(N)C(=O)N1CCn2c(nc(-c3ccc(F)cc3)c2Nc2cccc(OC(F)(F)F)c2)C1. The van der Waals surface area contributed by atoms with Crippen molar-refractivity contribution in [3.63, 3.8) is 0 Å². The van der Waals surface area contributed by atoms with Crippen molar-refractivity contribution in [2.75, 3.05) is 11.9 Å². The maximum atomic E-state index is 13.5. The highest BCUT2D eigenvalue weighted by molar-refractivity contribution is 5.85. The van der Waals surface area contributed by atoms with E-state index < -0.39 is 17.7 Å². The predicted octanol–water partition coefficient (Wildman–Crippen LogP) is 4.41. The molecule has 0 spiro atoms. The molecule has 4 rings (SSSR count). The number of hydrogen-bond donors (Lipinski definition) is 2. The topological polar surface area (TPSA) is 85.4 Å². The molecule has 1 amide bonds. The Bertz CT molecular complexity index is 1200. The van der Waals surface area contributed by atoms with Crippen LogP contribution in [0.15, 0.2) is 48.5 Å². The zero-order chi connectivity index (χ0) is 24.7. The van der Waals surface area contributed by atoms with Gasteiger partial charge >= 0.3 is 6.36 Å². The lowest BCUT2D eigenvalue weighted by molar-refractivity contribution is -0.274. The molecule has 11 heteroatoms. The molecule has 3 N–H and O–H groups in total. The van der Waals surface area contributed by atoms with Crippen LogP contribution >= 0.6 is 0 Å². The zero-order valence-corrected chi connectivity index (χ0v) is 18.5. The Morgan fingerprint density at radius 1 is 1.12 bits per heavy atom. The number of nitrogens with one attached hydrogen (secondary N) is 1. The number of aromatic nitrogens is 2. The van der Waals surface area contributed by atoms with Crippen LogP contribution in [0.4, 0.5) is 29.1 Å². The molecule has 34 heavy (non-hydrogen) atoms. The lowest BCUT2D eigenvalue weighted by Crippen LogP contribution is -2.52. The van der Waals surface area contributed by atoms with E-state index >= 15 is 0 Å². The summed E-state index contributed by atoms with van der Waals surface area (Å²) in [4.78, 5) is 19.0. The second-order valence-corrected chi connectivity index (χ2v) is 8.53. The van der Waals surface area contributed by atoms with E-state index in [1.165, 1.54) is 30.3 Å². The number of rotatable bonds is 5. The Morgan fingerprint density at radius 3 is 2.47 bits per heavy atom. The molecule has 2 heterocycles. The first-order valence-electron chi connectivity index (χ1n) is 10.5. The summed E-state index contributed by atoms with van der Waals surface area (Å²) in [6.45, 7) is 4.21. The molecule has 1 aliphatic rings. The molecule has 0 bridgehead atoms. The Labute approximate surface area is 193 Å². The number of amides is 1. The molecule has 3 aromatic rings. The molecule has 0 saturated carbocycles. The average Bonchev–Trinajstić information content (AvgIpc) is 3.09. The number of anilines is 2. The summed E-state index contributed by atoms with van der Waals surface area (Å²) < 4.78 is 57.3. The van der Waals surface area contributed by atoms with Crippen LogP contribution < -0.4 is 15.8 Å². The molecule has 1 aromatic heterocycles. The van der Waals surface area contributed by atoms with E-state index in [2.05, 4.69) is 15.0 Å². The molecule has 180 valence electrons. The molecular weight excluding hydrogens is 454 g/mol. The van der Waals surface area contributed by atoms with E-state index in [1.807, 2.05) is 4.57 Å². The number of fused-ring (bicyclic) bond motifs is 1. The van der Waals surface area contributed by atoms with Crippen LogP contribution in [0.3, 0.4) is 0 Å². The second kappa shape index (κ2) is 8.64. The number of alkyl halides is 3. The minimum Gasteiger partial charge on any atom is -0.406 e. The van der Waals surface area contributed by atoms with Gasteiger partial charge in [-0.15, -0.1) is 13.2 Å². The first kappa shape index (κ1) is 23.6. The normalized spacial score (nSPS) is 14.0. The standard InChI is InChI=1S/C23H23F4N5O2/c1-22(2,28)21(33)31-10-11-32-18(13-31)30-19(14-6-8-15(24)9-7-14)20(32)29-16-4-3-5-17(12-16)34-23(25,26)27/h3-9,12,29H,10-11,13,28H2,1-2H3. The number of ether oxygens (including phenoxy) is 1. The van der Waals surface area contributed by atoms with Gasteiger partial charge in [0.15, 0.2) is 0 Å². The maximum Gasteiger partial charge on any atom is 0.573 e. The lowest BCUT2D eigenvalue weighted by atomic mass is 10.1. The van der Waals surface area contributed by atoms with Gasteiger partial charge in [0, 0.05) is 30.4 Å². The minimum absolute atomic E-state index is 0.201. The summed E-state index contributed by atoms with van der Waals surface area (Å²) in [5.41, 5.74) is 6.34. The number of carbonyl (C=O) groups is 1. The summed E-state index contributed by atoms with van der Waals surface area (Å²) in [6.07, 6.45) is -4.82. The monoisotopic (exact) mass is 477 g/mol. The third-order valence-corrected chi connectivity index (χ3v) is 5.26. The average molecular weight is 477 g/mol. The highest BCUT2D eigenvalue weighted by atomic mass is 19.4. The van der Waals surface area contributed by atoms with Gasteiger partial charge in [0.2, 0.25) is 5.91 Å². The number of imidazole rings is 1. The van der Waals surface area contributed by atoms with E-state index in [1.54, 1.807) is 36.9 Å². The van der Waals surface area contributed by atoms with Gasteiger partial charge < -0.3 is 25.3 Å². The van der Waals surface area contributed by atoms with Gasteiger partial charge in [-0.25, -0.2) is 9.37 Å². The van der Waals surface area contributed by atoms with Crippen molar-refractivity contribution in [3.05, 3.63) is 60.2 Å². The van der Waals surface area contributed by atoms with Crippen molar-refractivity contribution < 1.29 is 27.1 Å². The third kappa shape index (κ3) is 5.14. The van der Waals surface area contributed by atoms with Gasteiger partial charge in [0.1, 0.15) is 28.9 Å². The van der Waals surface area contributed by atoms with Gasteiger partial charge in [-0.1, -0.05) is 6.07 Å². The fourth-order valence-corrected chi connectivity index (χ4v) is 3.76. The summed E-state index contributed by atoms with van der Waals surface area (Å²) in [5, 5.41) is 3.13. The lowest BCUT2D eigenvalue weighted by Gasteiger charge is -2.33. The largest absolute Gasteiger partial charge is 0.573 e. The van der Waals surface area contributed by atoms with Gasteiger partial charge in [-0.3, -0.25) is 4.79 Å². The molecule has 0 aliphatic carbocycles. The van der Waals surface area contributed by atoms with Gasteiger partial charge in [-0.2, -0.15) is 0 Å². The summed E-state index contributed by atoms with van der Waals surface area (Å²) in [7, 11) is 0. The quantitative estimate of drug-likeness (QED) is 0.532. The smallest absolute Gasteiger partial charge is 0.406 e. The van der Waals surface area contributed by atoms with E-state index in [4.69, 9.17) is 5.73 Å². The van der Waals surface area contributed by atoms with Gasteiger partial charge in [0.25, 0.3) is 0 Å². The molecule has 2 aromatic carbocycles. The number of benzene rings is 2. The highest BCUT2D eigenvalue weighted by Crippen LogP contribution is 2.35. The Hall–Kier alpha value is -3.60. The van der Waals surface area contributed by atoms with Crippen LogP contribution in [0, 0.1) is 5.82 Å². The fourth-order valence-electron chi connectivity index (χ4n) is 3.76. The van der Waals surface area contributed by atoms with E-state index in [-0.39, 0.29) is 18.2 Å². The summed E-state index contributed by atoms with van der Waals surface area (Å²) in [5.74, 6) is 0.0529. The zero-order valence-electron chi connectivity index (χ0n) is 18.5. The minimum atomic E-state index is -4.82. The first-order chi connectivity index (χ1) is 15.9. The Kier molecular flexibility index (Phi) is 5.98. The maximum absolute atomic E-state index is 13.5. The molecule has 0 saturated heterocycles. The first-order valence-corrected chi connectivity index (χ1v) is 10.5. The van der Waals surface area contributed by atoms with Crippen LogP contribution in [0.1, 0.15) is 19.7 Å². The molecule has 7 nitrogen and oxygen atoms in total. The number of carbonyl (C=O) groups excluding carboxylic acids is 1. The van der Waals surface area contributed by atoms with Crippen LogP contribution in [-0.2, 0) is 17.9 Å². The number of halogens is 4. The highest BCUT2D eigenvalue weighted by Gasteiger charge is 2.33. The number of nitrogens with two attached hydrogens (primary N) is 1. The van der Waals surface area contributed by atoms with Crippen molar-refractivity contribution in [1.29, 1.82) is 0 Å². The fraction of sp³-hybridized carbons (Fsp3) is 0.304. The summed E-state index contributed by atoms with van der Waals surface area (Å²) in [6, 6.07) is 11.1. The molecule has 1 aliphatic heterocycles. The van der Waals surface area contributed by atoms with Crippen molar-refractivity contribution in [3.8, 4) is 17.0 Å². The number of hydrogen-bond acceptors (Lipinski definition) is 5.